The van der Waals surface area contributed by atoms with Crippen molar-refractivity contribution in [3.8, 4) is 6.07 Å². The molecule has 0 aromatic carbocycles. The van der Waals surface area contributed by atoms with Crippen LogP contribution in [0.3, 0.4) is 0 Å². The molecule has 0 spiro atoms. The lowest BCUT2D eigenvalue weighted by atomic mass is 10.1. The maximum Gasteiger partial charge on any atom is 0.305 e. The summed E-state index contributed by atoms with van der Waals surface area (Å²) in [6.45, 7) is 1.92. The number of carboxylic acid groups (broad SMARTS) is 1. The molecule has 2 rings (SSSR count). The number of anilines is 1. The molecule has 0 aliphatic heterocycles. The van der Waals surface area contributed by atoms with Crippen LogP contribution in [-0.2, 0) is 17.6 Å². The molecule has 1 atom stereocenters. The fraction of sp³-hybridized carbons (Fsp3) is 0.500. The number of nitriles is 1. The van der Waals surface area contributed by atoms with Gasteiger partial charge in [0.2, 0.25) is 0 Å². The van der Waals surface area contributed by atoms with E-state index in [1.807, 2.05) is 13.0 Å². The number of hydrogen-bond acceptors (Lipinski definition) is 4. The highest BCUT2D eigenvalue weighted by Gasteiger charge is 2.19. The van der Waals surface area contributed by atoms with Gasteiger partial charge in [-0.15, -0.1) is 0 Å². The molecule has 1 heterocycles. The van der Waals surface area contributed by atoms with E-state index in [0.717, 1.165) is 30.5 Å². The smallest absolute Gasteiger partial charge is 0.305 e. The Labute approximate surface area is 112 Å². The van der Waals surface area contributed by atoms with Crippen LogP contribution < -0.4 is 5.32 Å². The Bertz CT molecular complexity index is 534. The average Bonchev–Trinajstić information content (AvgIpc) is 2.83. The summed E-state index contributed by atoms with van der Waals surface area (Å²) in [6, 6.07) is 3.82. The van der Waals surface area contributed by atoms with E-state index < -0.39 is 5.97 Å². The van der Waals surface area contributed by atoms with Gasteiger partial charge in [0, 0.05) is 11.7 Å². The topological polar surface area (TPSA) is 86.0 Å². The molecule has 5 nitrogen and oxygen atoms in total. The number of carboxylic acids is 1. The minimum atomic E-state index is -0.848. The standard InChI is InChI=1S/C14H17N3O2/c1-2-11(7-13(18)19)16-14-10(8-15)6-9-4-3-5-12(9)17-14/h6,11H,2-5,7H2,1H3,(H,16,17)(H,18,19). The summed E-state index contributed by atoms with van der Waals surface area (Å²) in [5.41, 5.74) is 2.68. The lowest BCUT2D eigenvalue weighted by Crippen LogP contribution is -2.23. The van der Waals surface area contributed by atoms with Crippen LogP contribution in [-0.4, -0.2) is 22.1 Å². The van der Waals surface area contributed by atoms with Gasteiger partial charge in [0.05, 0.1) is 12.0 Å². The first-order chi connectivity index (χ1) is 9.13. The summed E-state index contributed by atoms with van der Waals surface area (Å²) in [7, 11) is 0. The lowest BCUT2D eigenvalue weighted by molar-refractivity contribution is -0.137. The highest BCUT2D eigenvalue weighted by Crippen LogP contribution is 2.25. The van der Waals surface area contributed by atoms with Crippen molar-refractivity contribution < 1.29 is 9.90 Å². The number of rotatable bonds is 5. The third-order valence-corrected chi connectivity index (χ3v) is 3.43. The van der Waals surface area contributed by atoms with Crippen LogP contribution in [0.4, 0.5) is 5.82 Å². The quantitative estimate of drug-likeness (QED) is 0.845. The Morgan fingerprint density at radius 2 is 2.42 bits per heavy atom. The second-order valence-corrected chi connectivity index (χ2v) is 4.80. The van der Waals surface area contributed by atoms with Gasteiger partial charge in [0.25, 0.3) is 0 Å². The van der Waals surface area contributed by atoms with E-state index >= 15 is 0 Å². The SMILES string of the molecule is CCC(CC(=O)O)Nc1nc2c(cc1C#N)CCC2. The van der Waals surface area contributed by atoms with Crippen LogP contribution in [0, 0.1) is 11.3 Å². The Morgan fingerprint density at radius 3 is 3.05 bits per heavy atom. The zero-order chi connectivity index (χ0) is 13.8. The largest absolute Gasteiger partial charge is 0.481 e. The molecule has 0 saturated carbocycles. The number of carbonyl (C=O) groups is 1. The van der Waals surface area contributed by atoms with Crippen molar-refractivity contribution in [3.63, 3.8) is 0 Å². The maximum atomic E-state index is 10.8. The second-order valence-electron chi connectivity index (χ2n) is 4.80. The molecule has 5 heteroatoms. The molecule has 1 aliphatic rings. The van der Waals surface area contributed by atoms with Gasteiger partial charge in [-0.3, -0.25) is 4.79 Å². The van der Waals surface area contributed by atoms with Crippen LogP contribution in [0.25, 0.3) is 0 Å². The first kappa shape index (κ1) is 13.3. The summed E-state index contributed by atoms with van der Waals surface area (Å²) in [5.74, 6) is -0.324. The van der Waals surface area contributed by atoms with Crippen molar-refractivity contribution in [2.45, 2.75) is 45.1 Å². The third-order valence-electron chi connectivity index (χ3n) is 3.43. The normalized spacial score (nSPS) is 14.5. The van der Waals surface area contributed by atoms with Gasteiger partial charge in [-0.05, 0) is 37.3 Å². The molecular formula is C14H17N3O2. The zero-order valence-corrected chi connectivity index (χ0v) is 10.9. The van der Waals surface area contributed by atoms with E-state index in [2.05, 4.69) is 16.4 Å². The van der Waals surface area contributed by atoms with Gasteiger partial charge >= 0.3 is 5.97 Å². The van der Waals surface area contributed by atoms with Crippen molar-refractivity contribution in [1.82, 2.24) is 4.98 Å². The highest BCUT2D eigenvalue weighted by atomic mass is 16.4. The number of fused-ring (bicyclic) bond motifs is 1. The Hall–Kier alpha value is -2.09. The highest BCUT2D eigenvalue weighted by molar-refractivity contribution is 5.68. The minimum absolute atomic E-state index is 0.0279. The van der Waals surface area contributed by atoms with Crippen LogP contribution >= 0.6 is 0 Å². The van der Waals surface area contributed by atoms with E-state index in [0.29, 0.717) is 17.8 Å². The number of aliphatic carboxylic acids is 1. The summed E-state index contributed by atoms with van der Waals surface area (Å²) >= 11 is 0. The van der Waals surface area contributed by atoms with E-state index in [1.54, 1.807) is 0 Å². The van der Waals surface area contributed by atoms with Gasteiger partial charge < -0.3 is 10.4 Å². The number of aryl methyl sites for hydroxylation is 2. The molecule has 100 valence electrons. The van der Waals surface area contributed by atoms with E-state index in [4.69, 9.17) is 5.11 Å². The maximum absolute atomic E-state index is 10.8. The fourth-order valence-electron chi connectivity index (χ4n) is 2.37. The van der Waals surface area contributed by atoms with Crippen molar-refractivity contribution in [2.24, 2.45) is 0 Å². The van der Waals surface area contributed by atoms with Gasteiger partial charge in [0.1, 0.15) is 11.9 Å². The van der Waals surface area contributed by atoms with Crippen LogP contribution in [0.5, 0.6) is 0 Å². The Kier molecular flexibility index (Phi) is 4.00. The molecule has 1 aromatic rings. The minimum Gasteiger partial charge on any atom is -0.481 e. The Balaban J connectivity index is 2.24. The summed E-state index contributed by atoms with van der Waals surface area (Å²) in [5, 5.41) is 21.1. The molecule has 1 unspecified atom stereocenters. The molecule has 2 N–H and O–H groups in total. The first-order valence-corrected chi connectivity index (χ1v) is 6.55. The zero-order valence-electron chi connectivity index (χ0n) is 10.9. The first-order valence-electron chi connectivity index (χ1n) is 6.55. The van der Waals surface area contributed by atoms with Gasteiger partial charge in [0.15, 0.2) is 0 Å². The molecule has 0 bridgehead atoms. The average molecular weight is 259 g/mol. The van der Waals surface area contributed by atoms with Crippen molar-refractivity contribution in [2.75, 3.05) is 5.32 Å². The third kappa shape index (κ3) is 3.02. The van der Waals surface area contributed by atoms with Gasteiger partial charge in [-0.1, -0.05) is 6.92 Å². The molecule has 19 heavy (non-hydrogen) atoms. The molecule has 0 saturated heterocycles. The van der Waals surface area contributed by atoms with Crippen LogP contribution in [0.2, 0.25) is 0 Å². The molecule has 1 aromatic heterocycles. The molecule has 0 fully saturated rings. The second kappa shape index (κ2) is 5.70. The summed E-state index contributed by atoms with van der Waals surface area (Å²) in [4.78, 5) is 15.3. The number of pyridine rings is 1. The van der Waals surface area contributed by atoms with Crippen LogP contribution in [0.15, 0.2) is 6.07 Å². The van der Waals surface area contributed by atoms with Crippen molar-refractivity contribution in [3.05, 3.63) is 22.9 Å². The predicted molar refractivity (Wildman–Crippen MR) is 70.9 cm³/mol. The van der Waals surface area contributed by atoms with Crippen molar-refractivity contribution in [1.29, 1.82) is 5.26 Å². The number of nitrogens with one attached hydrogen (secondary N) is 1. The molecular weight excluding hydrogens is 242 g/mol. The predicted octanol–water partition coefficient (Wildman–Crippen LogP) is 2.11. The van der Waals surface area contributed by atoms with Gasteiger partial charge in [-0.25, -0.2) is 4.98 Å². The fourth-order valence-corrected chi connectivity index (χ4v) is 2.37. The van der Waals surface area contributed by atoms with Crippen molar-refractivity contribution >= 4 is 11.8 Å². The van der Waals surface area contributed by atoms with Gasteiger partial charge in [-0.2, -0.15) is 5.26 Å². The van der Waals surface area contributed by atoms with E-state index in [9.17, 15) is 10.1 Å². The molecule has 0 amide bonds. The lowest BCUT2D eigenvalue weighted by Gasteiger charge is -2.17. The van der Waals surface area contributed by atoms with E-state index in [1.165, 1.54) is 0 Å². The monoisotopic (exact) mass is 259 g/mol. The number of aromatic nitrogens is 1. The summed E-state index contributed by atoms with van der Waals surface area (Å²) < 4.78 is 0. The molecule has 1 aliphatic carbocycles. The van der Waals surface area contributed by atoms with Crippen LogP contribution in [0.1, 0.15) is 43.0 Å². The molecule has 0 radical (unpaired) electrons. The number of nitrogens with zero attached hydrogens (tertiary/aromatic N) is 2. The summed E-state index contributed by atoms with van der Waals surface area (Å²) in [6.07, 6.45) is 3.69. The number of hydrogen-bond donors (Lipinski definition) is 2. The van der Waals surface area contributed by atoms with E-state index in [-0.39, 0.29) is 12.5 Å². The Morgan fingerprint density at radius 1 is 1.63 bits per heavy atom.